The van der Waals surface area contributed by atoms with Crippen molar-refractivity contribution >= 4 is 17.6 Å². The molecule has 31 heavy (non-hydrogen) atoms. The molecule has 0 amide bonds. The Kier molecular flexibility index (Phi) is 7.07. The Labute approximate surface area is 184 Å². The van der Waals surface area contributed by atoms with Crippen molar-refractivity contribution in [2.24, 2.45) is 5.92 Å². The Morgan fingerprint density at radius 2 is 1.68 bits per heavy atom. The largest absolute Gasteiger partial charge is 0.469 e. The Morgan fingerprint density at radius 3 is 2.29 bits per heavy atom. The molecule has 0 saturated heterocycles. The van der Waals surface area contributed by atoms with E-state index in [1.54, 1.807) is 19.1 Å². The van der Waals surface area contributed by atoms with Gasteiger partial charge in [-0.3, -0.25) is 9.36 Å². The van der Waals surface area contributed by atoms with Crippen LogP contribution in [0.4, 0.5) is 0 Å². The summed E-state index contributed by atoms with van der Waals surface area (Å²) in [5.74, 6) is -1.10. The van der Waals surface area contributed by atoms with Gasteiger partial charge in [-0.25, -0.2) is 14.2 Å². The van der Waals surface area contributed by atoms with Crippen LogP contribution >= 0.6 is 11.6 Å². The van der Waals surface area contributed by atoms with Gasteiger partial charge in [0.15, 0.2) is 0 Å². The van der Waals surface area contributed by atoms with Crippen LogP contribution < -0.4 is 11.4 Å². The summed E-state index contributed by atoms with van der Waals surface area (Å²) in [6.07, 6.45) is 0. The molecule has 2 aromatic carbocycles. The summed E-state index contributed by atoms with van der Waals surface area (Å²) in [4.78, 5) is 42.2. The maximum absolute atomic E-state index is 13.4. The Balaban J connectivity index is 2.13. The summed E-state index contributed by atoms with van der Waals surface area (Å²) in [5.41, 5.74) is 0.551. The van der Waals surface area contributed by atoms with Gasteiger partial charge in [-0.2, -0.15) is 4.98 Å². The van der Waals surface area contributed by atoms with Crippen molar-refractivity contribution in [2.45, 2.75) is 32.9 Å². The third-order valence-electron chi connectivity index (χ3n) is 5.18. The van der Waals surface area contributed by atoms with Crippen LogP contribution in [0.2, 0.25) is 5.02 Å². The van der Waals surface area contributed by atoms with Crippen molar-refractivity contribution in [2.75, 3.05) is 7.11 Å². The van der Waals surface area contributed by atoms with E-state index in [1.807, 2.05) is 49.4 Å². The quantitative estimate of drug-likeness (QED) is 0.526. The van der Waals surface area contributed by atoms with E-state index in [4.69, 9.17) is 16.3 Å². The molecule has 1 heterocycles. The molecular formula is C23H24ClN3O4. The topological polar surface area (TPSA) is 83.2 Å². The number of methoxy groups -OCH3 is 1. The van der Waals surface area contributed by atoms with E-state index < -0.39 is 23.3 Å². The summed E-state index contributed by atoms with van der Waals surface area (Å²) in [6, 6.07) is 16.7. The number of halogens is 1. The van der Waals surface area contributed by atoms with Gasteiger partial charge >= 0.3 is 17.3 Å². The van der Waals surface area contributed by atoms with Crippen LogP contribution in [0.1, 0.15) is 36.7 Å². The van der Waals surface area contributed by atoms with Gasteiger partial charge in [0.05, 0.1) is 19.6 Å². The zero-order chi connectivity index (χ0) is 22.5. The molecule has 0 fully saturated rings. The number of carbonyl (C=O) groups is 1. The Morgan fingerprint density at radius 1 is 1.03 bits per heavy atom. The number of nitrogens with zero attached hydrogens (tertiary/aromatic N) is 3. The minimum Gasteiger partial charge on any atom is -0.469 e. The fourth-order valence-corrected chi connectivity index (χ4v) is 3.52. The summed E-state index contributed by atoms with van der Waals surface area (Å²) < 4.78 is 7.19. The maximum Gasteiger partial charge on any atom is 0.353 e. The van der Waals surface area contributed by atoms with E-state index in [0.29, 0.717) is 10.8 Å². The molecule has 0 bridgehead atoms. The molecule has 3 rings (SSSR count). The zero-order valence-corrected chi connectivity index (χ0v) is 18.4. The molecule has 1 unspecified atom stereocenters. The Bertz CT molecular complexity index is 1170. The van der Waals surface area contributed by atoms with E-state index in [0.717, 1.165) is 15.7 Å². The molecule has 1 aromatic heterocycles. The first-order valence-corrected chi connectivity index (χ1v) is 10.3. The van der Waals surface area contributed by atoms with E-state index in [2.05, 4.69) is 4.98 Å². The van der Waals surface area contributed by atoms with Gasteiger partial charge in [0.2, 0.25) is 0 Å². The van der Waals surface area contributed by atoms with Crippen LogP contribution in [0.5, 0.6) is 0 Å². The molecule has 0 aliphatic heterocycles. The average Bonchev–Trinajstić information content (AvgIpc) is 2.79. The lowest BCUT2D eigenvalue weighted by Gasteiger charge is -2.20. The fraction of sp³-hybridized carbons (Fsp3) is 0.304. The van der Waals surface area contributed by atoms with Gasteiger partial charge in [-0.1, -0.05) is 67.9 Å². The second-order valence-corrected chi connectivity index (χ2v) is 7.85. The van der Waals surface area contributed by atoms with Crippen LogP contribution in [0.25, 0.3) is 0 Å². The predicted molar refractivity (Wildman–Crippen MR) is 118 cm³/mol. The number of hydrogen-bond donors (Lipinski definition) is 0. The van der Waals surface area contributed by atoms with Gasteiger partial charge in [0, 0.05) is 17.5 Å². The number of esters is 1. The molecule has 7 nitrogen and oxygen atoms in total. The van der Waals surface area contributed by atoms with Crippen LogP contribution in [-0.4, -0.2) is 27.2 Å². The smallest absolute Gasteiger partial charge is 0.353 e. The molecule has 0 radical (unpaired) electrons. The summed E-state index contributed by atoms with van der Waals surface area (Å²) in [6.45, 7) is 3.60. The molecule has 162 valence electrons. The minimum absolute atomic E-state index is 0.113. The molecule has 0 aliphatic rings. The highest BCUT2D eigenvalue weighted by Gasteiger charge is 2.22. The first-order chi connectivity index (χ1) is 14.8. The summed E-state index contributed by atoms with van der Waals surface area (Å²) >= 11 is 5.98. The number of benzene rings is 2. The number of ether oxygens (including phenoxy) is 1. The van der Waals surface area contributed by atoms with Crippen molar-refractivity contribution < 1.29 is 9.53 Å². The van der Waals surface area contributed by atoms with Gasteiger partial charge in [-0.15, -0.1) is 0 Å². The Hall–Kier alpha value is -3.19. The maximum atomic E-state index is 13.4. The normalized spacial score (nSPS) is 12.9. The third kappa shape index (κ3) is 5.11. The van der Waals surface area contributed by atoms with Crippen molar-refractivity contribution in [1.82, 2.24) is 14.1 Å². The molecule has 0 aliphatic carbocycles. The lowest BCUT2D eigenvalue weighted by molar-refractivity contribution is -0.145. The van der Waals surface area contributed by atoms with Crippen molar-refractivity contribution in [1.29, 1.82) is 0 Å². The van der Waals surface area contributed by atoms with Crippen LogP contribution in [0, 0.1) is 5.92 Å². The van der Waals surface area contributed by atoms with E-state index in [-0.39, 0.29) is 19.0 Å². The molecule has 2 atom stereocenters. The number of hydrogen-bond acceptors (Lipinski definition) is 5. The van der Waals surface area contributed by atoms with Crippen molar-refractivity contribution in [3.05, 3.63) is 97.5 Å². The van der Waals surface area contributed by atoms with Gasteiger partial charge in [-0.05, 0) is 23.3 Å². The van der Waals surface area contributed by atoms with Crippen LogP contribution in [-0.2, 0) is 22.6 Å². The number of rotatable bonds is 7. The SMILES string of the molecule is COC(=O)[C@@H](C)Cn1c(=O)nc(C(C)c2ccccc2)n(Cc2ccc(Cl)cc2)c1=O. The third-order valence-corrected chi connectivity index (χ3v) is 5.43. The first kappa shape index (κ1) is 22.5. The lowest BCUT2D eigenvalue weighted by atomic mass is 10.00. The number of carbonyl (C=O) groups excluding carboxylic acids is 1. The second-order valence-electron chi connectivity index (χ2n) is 7.41. The highest BCUT2D eigenvalue weighted by Crippen LogP contribution is 2.21. The monoisotopic (exact) mass is 441 g/mol. The lowest BCUT2D eigenvalue weighted by Crippen LogP contribution is -2.45. The average molecular weight is 442 g/mol. The van der Waals surface area contributed by atoms with Gasteiger partial charge in [0.25, 0.3) is 0 Å². The first-order valence-electron chi connectivity index (χ1n) is 9.90. The molecule has 0 N–H and O–H groups in total. The summed E-state index contributed by atoms with van der Waals surface area (Å²) in [7, 11) is 1.27. The van der Waals surface area contributed by atoms with Crippen molar-refractivity contribution in [3.63, 3.8) is 0 Å². The van der Waals surface area contributed by atoms with E-state index >= 15 is 0 Å². The highest BCUT2D eigenvalue weighted by atomic mass is 35.5. The molecule has 0 saturated carbocycles. The molecule has 0 spiro atoms. The predicted octanol–water partition coefficient (Wildman–Crippen LogP) is 3.07. The number of aromatic nitrogens is 3. The van der Waals surface area contributed by atoms with E-state index in [1.165, 1.54) is 11.7 Å². The second kappa shape index (κ2) is 9.75. The summed E-state index contributed by atoms with van der Waals surface area (Å²) in [5, 5.41) is 0.587. The molecule has 3 aromatic rings. The molecule has 8 heteroatoms. The van der Waals surface area contributed by atoms with Crippen LogP contribution in [0.15, 0.2) is 64.2 Å². The highest BCUT2D eigenvalue weighted by molar-refractivity contribution is 6.30. The van der Waals surface area contributed by atoms with Gasteiger partial charge < -0.3 is 4.74 Å². The standard InChI is InChI=1S/C23H24ClN3O4/c1-15(21(28)31-3)13-27-22(29)25-20(16(2)18-7-5-4-6-8-18)26(23(27)30)14-17-9-11-19(24)12-10-17/h4-12,15-16H,13-14H2,1-3H3/t15-,16?/m0/s1. The van der Waals surface area contributed by atoms with Crippen molar-refractivity contribution in [3.8, 4) is 0 Å². The molecular weight excluding hydrogens is 418 g/mol. The van der Waals surface area contributed by atoms with Gasteiger partial charge in [0.1, 0.15) is 5.82 Å². The minimum atomic E-state index is -0.689. The zero-order valence-electron chi connectivity index (χ0n) is 17.6. The fourth-order valence-electron chi connectivity index (χ4n) is 3.39. The van der Waals surface area contributed by atoms with Crippen LogP contribution in [0.3, 0.4) is 0 Å². The van der Waals surface area contributed by atoms with E-state index in [9.17, 15) is 14.4 Å².